The van der Waals surface area contributed by atoms with Gasteiger partial charge in [0.25, 0.3) is 0 Å². The molecule has 1 aromatic heterocycles. The molecule has 0 radical (unpaired) electrons. The van der Waals surface area contributed by atoms with Crippen LogP contribution in [0.5, 0.6) is 0 Å². The zero-order valence-electron chi connectivity index (χ0n) is 10.4. The summed E-state index contributed by atoms with van der Waals surface area (Å²) in [5.41, 5.74) is 7.08. The first-order valence-electron chi connectivity index (χ1n) is 6.08. The Kier molecular flexibility index (Phi) is 5.21. The molecule has 1 aliphatic rings. The van der Waals surface area contributed by atoms with E-state index in [1.807, 2.05) is 23.1 Å². The second kappa shape index (κ2) is 6.45. The molecule has 1 aliphatic heterocycles. The highest BCUT2D eigenvalue weighted by atomic mass is 32.2. The molecule has 1 aromatic rings. The molecular weight excluding hydrogens is 268 g/mol. The fourth-order valence-corrected chi connectivity index (χ4v) is 5.83. The van der Waals surface area contributed by atoms with Gasteiger partial charge in [0.15, 0.2) is 0 Å². The van der Waals surface area contributed by atoms with Crippen molar-refractivity contribution < 1.29 is 0 Å². The van der Waals surface area contributed by atoms with Crippen molar-refractivity contribution in [3.63, 3.8) is 0 Å². The van der Waals surface area contributed by atoms with Crippen LogP contribution in [-0.4, -0.2) is 22.2 Å². The molecule has 2 rings (SSSR count). The van der Waals surface area contributed by atoms with Gasteiger partial charge in [0, 0.05) is 28.7 Å². The maximum Gasteiger partial charge on any atom is 0.107 e. The third kappa shape index (κ3) is 3.63. The van der Waals surface area contributed by atoms with E-state index in [0.29, 0.717) is 17.7 Å². The summed E-state index contributed by atoms with van der Waals surface area (Å²) in [6.07, 6.45) is 1.06. The van der Waals surface area contributed by atoms with E-state index in [9.17, 15) is 0 Å². The highest BCUT2D eigenvalue weighted by Gasteiger charge is 2.22. The summed E-state index contributed by atoms with van der Waals surface area (Å²) in [6, 6.07) is 0. The fraction of sp³-hybridized carbons (Fsp3) is 0.750. The lowest BCUT2D eigenvalue weighted by Crippen LogP contribution is -2.06. The highest BCUT2D eigenvalue weighted by Crippen LogP contribution is 2.39. The quantitative estimate of drug-likeness (QED) is 0.922. The van der Waals surface area contributed by atoms with Crippen LogP contribution < -0.4 is 5.73 Å². The second-order valence-corrected chi connectivity index (χ2v) is 8.23. The number of thioether (sulfide) groups is 2. The Labute approximate surface area is 116 Å². The maximum atomic E-state index is 5.83. The number of nitrogens with zero attached hydrogens (tertiary/aromatic N) is 1. The summed E-state index contributed by atoms with van der Waals surface area (Å²) in [5, 5.41) is 1.91. The van der Waals surface area contributed by atoms with Crippen molar-refractivity contribution in [2.75, 3.05) is 17.3 Å². The molecule has 0 bridgehead atoms. The number of nitrogens with two attached hydrogens (primary N) is 1. The van der Waals surface area contributed by atoms with E-state index in [2.05, 4.69) is 25.6 Å². The molecule has 2 N–H and O–H groups in total. The molecule has 5 heteroatoms. The minimum Gasteiger partial charge on any atom is -0.326 e. The van der Waals surface area contributed by atoms with E-state index in [1.54, 1.807) is 0 Å². The van der Waals surface area contributed by atoms with Gasteiger partial charge in [-0.3, -0.25) is 0 Å². The average molecular weight is 289 g/mol. The van der Waals surface area contributed by atoms with Gasteiger partial charge in [-0.05, 0) is 12.3 Å². The van der Waals surface area contributed by atoms with Crippen LogP contribution in [0.25, 0.3) is 0 Å². The number of aromatic nitrogens is 1. The first-order chi connectivity index (χ1) is 8.20. The molecule has 2 heterocycles. The molecule has 0 aliphatic carbocycles. The fourth-order valence-electron chi connectivity index (χ4n) is 1.88. The van der Waals surface area contributed by atoms with Crippen LogP contribution in [0, 0.1) is 5.92 Å². The Morgan fingerprint density at radius 1 is 1.41 bits per heavy atom. The molecule has 17 heavy (non-hydrogen) atoms. The number of hydrogen-bond donors (Lipinski definition) is 1. The molecule has 1 atom stereocenters. The third-order valence-electron chi connectivity index (χ3n) is 2.67. The number of thiazole rings is 1. The summed E-state index contributed by atoms with van der Waals surface area (Å²) in [6.45, 7) is 5.12. The van der Waals surface area contributed by atoms with Crippen LogP contribution in [0.2, 0.25) is 0 Å². The molecular formula is C12H20N2S3. The predicted octanol–water partition coefficient (Wildman–Crippen LogP) is 3.32. The first-order valence-corrected chi connectivity index (χ1v) is 9.10. The number of rotatable bonds is 4. The van der Waals surface area contributed by atoms with Crippen LogP contribution in [0.4, 0.5) is 0 Å². The first kappa shape index (κ1) is 13.7. The molecule has 1 unspecified atom stereocenters. The molecule has 2 nitrogen and oxygen atoms in total. The molecule has 0 amide bonds. The maximum absolute atomic E-state index is 5.83. The lowest BCUT2D eigenvalue weighted by molar-refractivity contribution is 0.632. The predicted molar refractivity (Wildman–Crippen MR) is 81.1 cm³/mol. The van der Waals surface area contributed by atoms with Gasteiger partial charge < -0.3 is 5.73 Å². The molecule has 1 fully saturated rings. The van der Waals surface area contributed by atoms with Crippen molar-refractivity contribution in [1.29, 1.82) is 0 Å². The van der Waals surface area contributed by atoms with E-state index in [1.165, 1.54) is 32.8 Å². The van der Waals surface area contributed by atoms with Gasteiger partial charge in [-0.25, -0.2) is 4.98 Å². The topological polar surface area (TPSA) is 38.9 Å². The normalized spacial score (nSPS) is 21.1. The molecule has 0 spiro atoms. The van der Waals surface area contributed by atoms with Crippen LogP contribution in [0.15, 0.2) is 0 Å². The van der Waals surface area contributed by atoms with Gasteiger partial charge in [-0.1, -0.05) is 13.8 Å². The van der Waals surface area contributed by atoms with Crippen LogP contribution in [0.3, 0.4) is 0 Å². The van der Waals surface area contributed by atoms with Gasteiger partial charge in [0.05, 0.1) is 10.9 Å². The molecule has 1 saturated heterocycles. The summed E-state index contributed by atoms with van der Waals surface area (Å²) in [4.78, 5) is 6.15. The standard InChI is InChI=1S/C12H20N2S3/c1-8(2)5-9-10(6-13)17-12(14-9)11-7-15-3-4-16-11/h8,11H,3-7,13H2,1-2H3. The lowest BCUT2D eigenvalue weighted by atomic mass is 10.1. The molecule has 96 valence electrons. The van der Waals surface area contributed by atoms with E-state index in [4.69, 9.17) is 10.7 Å². The summed E-state index contributed by atoms with van der Waals surface area (Å²) >= 11 is 5.94. The van der Waals surface area contributed by atoms with Crippen molar-refractivity contribution in [2.45, 2.75) is 32.1 Å². The lowest BCUT2D eigenvalue weighted by Gasteiger charge is -2.18. The molecule has 0 aromatic carbocycles. The Hall–Kier alpha value is 0.290. The monoisotopic (exact) mass is 288 g/mol. The summed E-state index contributed by atoms with van der Waals surface area (Å²) in [7, 11) is 0. The van der Waals surface area contributed by atoms with Crippen molar-refractivity contribution in [1.82, 2.24) is 4.98 Å². The highest BCUT2D eigenvalue weighted by molar-refractivity contribution is 8.06. The van der Waals surface area contributed by atoms with Crippen LogP contribution >= 0.6 is 34.9 Å². The second-order valence-electron chi connectivity index (χ2n) is 4.66. The summed E-state index contributed by atoms with van der Waals surface area (Å²) < 4.78 is 0. The zero-order valence-corrected chi connectivity index (χ0v) is 12.9. The van der Waals surface area contributed by atoms with Crippen LogP contribution in [0.1, 0.15) is 34.7 Å². The van der Waals surface area contributed by atoms with Gasteiger partial charge >= 0.3 is 0 Å². The van der Waals surface area contributed by atoms with E-state index in [-0.39, 0.29) is 0 Å². The Morgan fingerprint density at radius 3 is 2.82 bits per heavy atom. The smallest absolute Gasteiger partial charge is 0.107 e. The van der Waals surface area contributed by atoms with Gasteiger partial charge in [0.1, 0.15) is 5.01 Å². The minimum atomic E-state index is 0.602. The Morgan fingerprint density at radius 2 is 2.24 bits per heavy atom. The van der Waals surface area contributed by atoms with Gasteiger partial charge in [-0.15, -0.1) is 23.1 Å². The summed E-state index contributed by atoms with van der Waals surface area (Å²) in [5.74, 6) is 4.41. The van der Waals surface area contributed by atoms with E-state index < -0.39 is 0 Å². The van der Waals surface area contributed by atoms with E-state index in [0.717, 1.165) is 6.42 Å². The largest absolute Gasteiger partial charge is 0.326 e. The van der Waals surface area contributed by atoms with Crippen molar-refractivity contribution in [3.8, 4) is 0 Å². The average Bonchev–Trinajstić information content (AvgIpc) is 2.72. The Bertz CT molecular complexity index is 357. The van der Waals surface area contributed by atoms with Crippen molar-refractivity contribution in [2.24, 2.45) is 11.7 Å². The number of hydrogen-bond acceptors (Lipinski definition) is 5. The Balaban J connectivity index is 2.14. The third-order valence-corrected chi connectivity index (χ3v) is 6.82. The molecule has 0 saturated carbocycles. The zero-order chi connectivity index (χ0) is 12.3. The van der Waals surface area contributed by atoms with Crippen molar-refractivity contribution in [3.05, 3.63) is 15.6 Å². The van der Waals surface area contributed by atoms with Crippen LogP contribution in [-0.2, 0) is 13.0 Å². The van der Waals surface area contributed by atoms with Gasteiger partial charge in [-0.2, -0.15) is 11.8 Å². The SMILES string of the molecule is CC(C)Cc1nc(C2CSCCS2)sc1CN. The van der Waals surface area contributed by atoms with Crippen molar-refractivity contribution >= 4 is 34.9 Å². The minimum absolute atomic E-state index is 0.602. The van der Waals surface area contributed by atoms with E-state index >= 15 is 0 Å². The van der Waals surface area contributed by atoms with Gasteiger partial charge in [0.2, 0.25) is 0 Å².